The third-order valence-corrected chi connectivity index (χ3v) is 6.66. The Morgan fingerprint density at radius 1 is 1.05 bits per heavy atom. The Morgan fingerprint density at radius 2 is 1.84 bits per heavy atom. The predicted octanol–water partition coefficient (Wildman–Crippen LogP) is 5.61. The molecular formula is C30H27ClN4O2. The Bertz CT molecular complexity index is 1450. The van der Waals surface area contributed by atoms with Gasteiger partial charge in [0.1, 0.15) is 6.04 Å². The number of fused-ring (bicyclic) bond motifs is 1. The number of aryl methyl sites for hydroxylation is 1. The number of amides is 2. The van der Waals surface area contributed by atoms with Crippen molar-refractivity contribution in [2.24, 2.45) is 0 Å². The molecule has 0 aliphatic carbocycles. The second-order valence-corrected chi connectivity index (χ2v) is 9.48. The van der Waals surface area contributed by atoms with Crippen molar-refractivity contribution in [3.05, 3.63) is 107 Å². The van der Waals surface area contributed by atoms with Gasteiger partial charge in [0, 0.05) is 40.9 Å². The summed E-state index contributed by atoms with van der Waals surface area (Å²) in [6.07, 6.45) is 5.89. The van der Waals surface area contributed by atoms with Gasteiger partial charge in [-0.05, 0) is 48.9 Å². The molecule has 1 aliphatic heterocycles. The average molecular weight is 511 g/mol. The Kier molecular flexibility index (Phi) is 7.19. The van der Waals surface area contributed by atoms with Crippen molar-refractivity contribution < 1.29 is 9.59 Å². The van der Waals surface area contributed by atoms with E-state index in [1.165, 1.54) is 0 Å². The van der Waals surface area contributed by atoms with E-state index in [0.717, 1.165) is 33.4 Å². The van der Waals surface area contributed by atoms with Gasteiger partial charge in [-0.2, -0.15) is 0 Å². The largest absolute Gasteiger partial charge is 0.384 e. The van der Waals surface area contributed by atoms with Gasteiger partial charge in [0.05, 0.1) is 11.6 Å². The molecule has 1 aromatic heterocycles. The highest BCUT2D eigenvalue weighted by atomic mass is 35.5. The zero-order valence-electron chi connectivity index (χ0n) is 20.4. The summed E-state index contributed by atoms with van der Waals surface area (Å²) in [5.74, 6) is -0.307. The van der Waals surface area contributed by atoms with Crippen molar-refractivity contribution >= 4 is 51.8 Å². The molecule has 2 amide bonds. The lowest BCUT2D eigenvalue weighted by molar-refractivity contribution is -0.131. The summed E-state index contributed by atoms with van der Waals surface area (Å²) in [5.41, 5.74) is 4.63. The number of aromatic nitrogens is 1. The minimum Gasteiger partial charge on any atom is -0.384 e. The number of benzene rings is 3. The Hall–Kier alpha value is -4.16. The molecule has 6 nitrogen and oxygen atoms in total. The van der Waals surface area contributed by atoms with Gasteiger partial charge in [-0.1, -0.05) is 71.8 Å². The van der Waals surface area contributed by atoms with Crippen molar-refractivity contribution in [3.63, 3.8) is 0 Å². The first kappa shape index (κ1) is 24.5. The summed E-state index contributed by atoms with van der Waals surface area (Å²) in [7, 11) is 0. The molecule has 0 unspecified atom stereocenters. The van der Waals surface area contributed by atoms with Crippen molar-refractivity contribution in [1.82, 2.24) is 10.3 Å². The van der Waals surface area contributed by atoms with E-state index in [9.17, 15) is 9.59 Å². The molecule has 1 aliphatic rings. The van der Waals surface area contributed by atoms with E-state index in [4.69, 9.17) is 11.6 Å². The minimum absolute atomic E-state index is 0.120. The SMILES string of the molecule is Cc1ccc(N2C(=O)[C@H](NC(=O)CCNc3ccnc4cc(Cl)ccc34)[C@@H]2/C=C/c2ccccc2)cc1. The molecule has 0 radical (unpaired) electrons. The number of hydrogen-bond donors (Lipinski definition) is 2. The summed E-state index contributed by atoms with van der Waals surface area (Å²) < 4.78 is 0. The number of pyridine rings is 1. The molecule has 0 spiro atoms. The molecule has 186 valence electrons. The predicted molar refractivity (Wildman–Crippen MR) is 150 cm³/mol. The van der Waals surface area contributed by atoms with Gasteiger partial charge < -0.3 is 15.5 Å². The quantitative estimate of drug-likeness (QED) is 0.302. The lowest BCUT2D eigenvalue weighted by atomic mass is 9.92. The van der Waals surface area contributed by atoms with Crippen LogP contribution in [0.1, 0.15) is 17.5 Å². The van der Waals surface area contributed by atoms with Crippen molar-refractivity contribution in [3.8, 4) is 0 Å². The number of β-lactam (4-membered cyclic amide) rings is 1. The highest BCUT2D eigenvalue weighted by Gasteiger charge is 2.47. The fourth-order valence-corrected chi connectivity index (χ4v) is 4.63. The molecule has 2 heterocycles. The zero-order chi connectivity index (χ0) is 25.8. The highest BCUT2D eigenvalue weighted by molar-refractivity contribution is 6.31. The maximum atomic E-state index is 13.1. The molecule has 0 saturated carbocycles. The van der Waals surface area contributed by atoms with Crippen LogP contribution in [-0.2, 0) is 9.59 Å². The van der Waals surface area contributed by atoms with E-state index >= 15 is 0 Å². The van der Waals surface area contributed by atoms with Crippen LogP contribution >= 0.6 is 11.6 Å². The number of halogens is 1. The van der Waals surface area contributed by atoms with Gasteiger partial charge in [-0.15, -0.1) is 0 Å². The van der Waals surface area contributed by atoms with Gasteiger partial charge in [-0.25, -0.2) is 0 Å². The molecule has 3 aromatic carbocycles. The van der Waals surface area contributed by atoms with E-state index in [1.54, 1.807) is 17.2 Å². The number of anilines is 2. The first-order valence-electron chi connectivity index (χ1n) is 12.2. The van der Waals surface area contributed by atoms with E-state index in [0.29, 0.717) is 11.6 Å². The molecule has 7 heteroatoms. The summed E-state index contributed by atoms with van der Waals surface area (Å²) in [6.45, 7) is 2.43. The van der Waals surface area contributed by atoms with Crippen LogP contribution in [0, 0.1) is 6.92 Å². The summed E-state index contributed by atoms with van der Waals surface area (Å²) in [4.78, 5) is 32.0. The average Bonchev–Trinajstić information content (AvgIpc) is 2.91. The molecule has 5 rings (SSSR count). The van der Waals surface area contributed by atoms with E-state index in [2.05, 4.69) is 15.6 Å². The minimum atomic E-state index is -0.613. The Balaban J connectivity index is 1.25. The number of carbonyl (C=O) groups excluding carboxylic acids is 2. The molecular weight excluding hydrogens is 484 g/mol. The first-order valence-corrected chi connectivity index (χ1v) is 12.6. The fourth-order valence-electron chi connectivity index (χ4n) is 4.46. The number of nitrogens with one attached hydrogen (secondary N) is 2. The molecule has 2 N–H and O–H groups in total. The third-order valence-electron chi connectivity index (χ3n) is 6.43. The Labute approximate surface area is 221 Å². The van der Waals surface area contributed by atoms with Crippen LogP contribution in [0.3, 0.4) is 0 Å². The highest BCUT2D eigenvalue weighted by Crippen LogP contribution is 2.30. The second kappa shape index (κ2) is 10.8. The van der Waals surface area contributed by atoms with Crippen LogP contribution in [-0.4, -0.2) is 35.4 Å². The van der Waals surface area contributed by atoms with Crippen molar-refractivity contribution in [1.29, 1.82) is 0 Å². The smallest absolute Gasteiger partial charge is 0.252 e. The van der Waals surface area contributed by atoms with E-state index in [-0.39, 0.29) is 24.3 Å². The molecule has 2 atom stereocenters. The van der Waals surface area contributed by atoms with Gasteiger partial charge in [-0.3, -0.25) is 14.6 Å². The van der Waals surface area contributed by atoms with Gasteiger partial charge in [0.15, 0.2) is 0 Å². The first-order chi connectivity index (χ1) is 18.0. The van der Waals surface area contributed by atoms with Crippen LogP contribution in [0.5, 0.6) is 0 Å². The third kappa shape index (κ3) is 5.49. The number of hydrogen-bond acceptors (Lipinski definition) is 4. The maximum absolute atomic E-state index is 13.1. The van der Waals surface area contributed by atoms with Gasteiger partial charge in [0.25, 0.3) is 5.91 Å². The molecule has 4 aromatic rings. The lowest BCUT2D eigenvalue weighted by Gasteiger charge is -2.46. The normalized spacial score (nSPS) is 17.1. The zero-order valence-corrected chi connectivity index (χ0v) is 21.2. The van der Waals surface area contributed by atoms with Crippen LogP contribution < -0.4 is 15.5 Å². The van der Waals surface area contributed by atoms with Crippen LogP contribution in [0.15, 0.2) is 91.1 Å². The lowest BCUT2D eigenvalue weighted by Crippen LogP contribution is -2.70. The maximum Gasteiger partial charge on any atom is 0.252 e. The summed E-state index contributed by atoms with van der Waals surface area (Å²) in [6, 6.07) is 24.2. The van der Waals surface area contributed by atoms with Crippen LogP contribution in [0.2, 0.25) is 5.02 Å². The van der Waals surface area contributed by atoms with Crippen molar-refractivity contribution in [2.45, 2.75) is 25.4 Å². The second-order valence-electron chi connectivity index (χ2n) is 9.05. The van der Waals surface area contributed by atoms with E-state index < -0.39 is 6.04 Å². The van der Waals surface area contributed by atoms with E-state index in [1.807, 2.05) is 91.9 Å². The molecule has 1 fully saturated rings. The van der Waals surface area contributed by atoms with Crippen LogP contribution in [0.4, 0.5) is 11.4 Å². The number of carbonyl (C=O) groups is 2. The standard InChI is InChI=1S/C30H27ClN4O2/c1-20-7-11-23(12-8-20)35-27(14-9-21-5-3-2-4-6-21)29(30(35)37)34-28(36)16-18-32-25-15-17-33-26-19-22(31)10-13-24(25)26/h2-15,17,19,27,29H,16,18H2,1H3,(H,32,33)(H,34,36)/b14-9+/t27-,29+/m0/s1. The van der Waals surface area contributed by atoms with Gasteiger partial charge >= 0.3 is 0 Å². The van der Waals surface area contributed by atoms with Crippen LogP contribution in [0.25, 0.3) is 17.0 Å². The molecule has 37 heavy (non-hydrogen) atoms. The summed E-state index contributed by atoms with van der Waals surface area (Å²) in [5, 5.41) is 7.80. The Morgan fingerprint density at radius 3 is 2.62 bits per heavy atom. The fraction of sp³-hybridized carbons (Fsp3) is 0.167. The number of nitrogens with zero attached hydrogens (tertiary/aromatic N) is 2. The number of rotatable bonds is 8. The molecule has 1 saturated heterocycles. The van der Waals surface area contributed by atoms with Crippen molar-refractivity contribution in [2.75, 3.05) is 16.8 Å². The summed E-state index contributed by atoms with van der Waals surface area (Å²) >= 11 is 6.07. The monoisotopic (exact) mass is 510 g/mol. The molecule has 0 bridgehead atoms. The topological polar surface area (TPSA) is 74.3 Å². The van der Waals surface area contributed by atoms with Gasteiger partial charge in [0.2, 0.25) is 5.91 Å².